The quantitative estimate of drug-likeness (QED) is 0.173. The predicted octanol–water partition coefficient (Wildman–Crippen LogP) is 7.67. The van der Waals surface area contributed by atoms with Gasteiger partial charge in [0.15, 0.2) is 0 Å². The Hall–Kier alpha value is -2.37. The van der Waals surface area contributed by atoms with Gasteiger partial charge in [-0.1, -0.05) is 64.7 Å². The first-order chi connectivity index (χ1) is 19.0. The van der Waals surface area contributed by atoms with Gasteiger partial charge in [-0.15, -0.1) is 11.3 Å². The number of aldehydes is 1. The van der Waals surface area contributed by atoms with Crippen LogP contribution in [-0.4, -0.2) is 42.5 Å². The molecule has 4 N–H and O–H groups in total. The zero-order valence-electron chi connectivity index (χ0n) is 25.9. The van der Waals surface area contributed by atoms with Crippen molar-refractivity contribution >= 4 is 35.2 Å². The molecule has 2 fully saturated rings. The Bertz CT molecular complexity index is 914. The SMILES string of the molecule is CC.CCCC(N)C(=O)OC1CCCCC1.CNc1cc(C#CC(C)(C)C)sc1C(=O)O.O=CC1CCCCC1. The third kappa shape index (κ3) is 16.7. The van der Waals surface area contributed by atoms with Gasteiger partial charge in [0.1, 0.15) is 23.3 Å². The maximum atomic E-state index is 11.5. The molecule has 7 nitrogen and oxygen atoms in total. The zero-order chi connectivity index (χ0) is 30.6. The number of ether oxygens (including phenoxy) is 1. The topological polar surface area (TPSA) is 119 Å². The molecule has 0 amide bonds. The highest BCUT2D eigenvalue weighted by molar-refractivity contribution is 7.15. The van der Waals surface area contributed by atoms with Crippen molar-refractivity contribution in [2.75, 3.05) is 12.4 Å². The fraction of sp³-hybridized carbons (Fsp3) is 0.719. The van der Waals surface area contributed by atoms with E-state index in [9.17, 15) is 14.4 Å². The fourth-order valence-corrected chi connectivity index (χ4v) is 5.04. The second-order valence-corrected chi connectivity index (χ2v) is 12.1. The molecule has 1 atom stereocenters. The minimum absolute atomic E-state index is 0.0762. The molecule has 0 aromatic carbocycles. The molecule has 0 radical (unpaired) electrons. The Morgan fingerprint density at radius 3 is 2.08 bits per heavy atom. The van der Waals surface area contributed by atoms with Crippen molar-refractivity contribution in [3.8, 4) is 11.8 Å². The van der Waals surface area contributed by atoms with E-state index in [-0.39, 0.29) is 17.5 Å². The van der Waals surface area contributed by atoms with Crippen LogP contribution < -0.4 is 11.1 Å². The number of esters is 1. The number of thiophene rings is 1. The van der Waals surface area contributed by atoms with Crippen LogP contribution in [0.25, 0.3) is 0 Å². The second kappa shape index (κ2) is 21.4. The number of hydrogen-bond donors (Lipinski definition) is 3. The van der Waals surface area contributed by atoms with Gasteiger partial charge in [-0.2, -0.15) is 0 Å². The first-order valence-electron chi connectivity index (χ1n) is 15.0. The maximum absolute atomic E-state index is 11.5. The monoisotopic (exact) mass is 578 g/mol. The smallest absolute Gasteiger partial charge is 0.348 e. The first-order valence-corrected chi connectivity index (χ1v) is 15.8. The number of nitrogens with two attached hydrogens (primary N) is 1. The Morgan fingerprint density at radius 2 is 1.68 bits per heavy atom. The van der Waals surface area contributed by atoms with Crippen LogP contribution in [0.3, 0.4) is 0 Å². The molecule has 1 heterocycles. The average Bonchev–Trinajstić information content (AvgIpc) is 3.38. The largest absolute Gasteiger partial charge is 0.477 e. The lowest BCUT2D eigenvalue weighted by Gasteiger charge is -2.23. The lowest BCUT2D eigenvalue weighted by atomic mass is 9.91. The van der Waals surface area contributed by atoms with E-state index in [2.05, 4.69) is 17.2 Å². The Balaban J connectivity index is 0.000000578. The van der Waals surface area contributed by atoms with Gasteiger partial charge in [0.05, 0.1) is 10.6 Å². The van der Waals surface area contributed by atoms with Crippen molar-refractivity contribution in [3.05, 3.63) is 15.8 Å². The summed E-state index contributed by atoms with van der Waals surface area (Å²) >= 11 is 1.20. The second-order valence-electron chi connectivity index (χ2n) is 11.0. The van der Waals surface area contributed by atoms with Crippen LogP contribution in [-0.2, 0) is 14.3 Å². The lowest BCUT2D eigenvalue weighted by Crippen LogP contribution is -2.35. The van der Waals surface area contributed by atoms with E-state index >= 15 is 0 Å². The third-order valence-electron chi connectivity index (χ3n) is 6.34. The van der Waals surface area contributed by atoms with Crippen molar-refractivity contribution in [3.63, 3.8) is 0 Å². The van der Waals surface area contributed by atoms with Crippen LogP contribution in [0.4, 0.5) is 5.69 Å². The van der Waals surface area contributed by atoms with Gasteiger partial charge >= 0.3 is 11.9 Å². The van der Waals surface area contributed by atoms with Crippen molar-refractivity contribution in [2.45, 2.75) is 131 Å². The van der Waals surface area contributed by atoms with Gasteiger partial charge in [0.2, 0.25) is 0 Å². The Labute approximate surface area is 247 Å². The van der Waals surface area contributed by atoms with Crippen molar-refractivity contribution in [1.82, 2.24) is 0 Å². The fourth-order valence-electron chi connectivity index (χ4n) is 4.18. The zero-order valence-corrected chi connectivity index (χ0v) is 26.8. The highest BCUT2D eigenvalue weighted by atomic mass is 32.1. The molecule has 1 aromatic rings. The van der Waals surface area contributed by atoms with E-state index < -0.39 is 12.0 Å². The molecule has 2 aliphatic carbocycles. The van der Waals surface area contributed by atoms with Gasteiger partial charge < -0.3 is 25.7 Å². The van der Waals surface area contributed by atoms with Gasteiger partial charge in [-0.25, -0.2) is 4.79 Å². The summed E-state index contributed by atoms with van der Waals surface area (Å²) in [5.74, 6) is 5.36. The number of carbonyl (C=O) groups is 3. The molecule has 228 valence electrons. The first kappa shape index (κ1) is 37.6. The molecule has 3 rings (SSSR count). The molecule has 0 spiro atoms. The molecule has 1 unspecified atom stereocenters. The average molecular weight is 579 g/mol. The van der Waals surface area contributed by atoms with Crippen molar-refractivity contribution in [1.29, 1.82) is 0 Å². The maximum Gasteiger partial charge on any atom is 0.348 e. The highest BCUT2D eigenvalue weighted by Gasteiger charge is 2.21. The van der Waals surface area contributed by atoms with Gasteiger partial charge in [-0.05, 0) is 71.8 Å². The molecular weight excluding hydrogens is 524 g/mol. The number of carboxylic acid groups (broad SMARTS) is 1. The van der Waals surface area contributed by atoms with E-state index in [0.717, 1.165) is 49.7 Å². The van der Waals surface area contributed by atoms with Crippen LogP contribution in [0.5, 0.6) is 0 Å². The van der Waals surface area contributed by atoms with Crippen molar-refractivity contribution < 1.29 is 24.2 Å². The number of nitrogens with one attached hydrogen (secondary N) is 1. The molecule has 0 saturated heterocycles. The summed E-state index contributed by atoms with van der Waals surface area (Å²) < 4.78 is 5.34. The van der Waals surface area contributed by atoms with E-state index in [1.165, 1.54) is 49.9 Å². The van der Waals surface area contributed by atoms with Crippen LogP contribution >= 0.6 is 11.3 Å². The molecule has 40 heavy (non-hydrogen) atoms. The summed E-state index contributed by atoms with van der Waals surface area (Å²) in [7, 11) is 1.70. The lowest BCUT2D eigenvalue weighted by molar-refractivity contribution is -0.152. The van der Waals surface area contributed by atoms with Crippen LogP contribution in [0.2, 0.25) is 0 Å². The summed E-state index contributed by atoms with van der Waals surface area (Å²) in [5, 5.41) is 11.8. The predicted molar refractivity (Wildman–Crippen MR) is 167 cm³/mol. The summed E-state index contributed by atoms with van der Waals surface area (Å²) in [6, 6.07) is 1.36. The van der Waals surface area contributed by atoms with E-state index in [1.807, 2.05) is 41.5 Å². The number of anilines is 1. The number of carboxylic acids is 1. The standard InChI is InChI=1S/C12H15NO2S.C11H21NO2.C7H12O.C2H6/c1-12(2,3)6-5-8-7-9(13-4)10(16-8)11(14)15;1-2-6-10(12)11(13)14-9-7-4-3-5-8-9;8-6-7-4-2-1-3-5-7;1-2/h7,13H,1-4H3,(H,14,15);9-10H,2-8,12H2,1H3;6-7H,1-5H2;1-2H3. The minimum Gasteiger partial charge on any atom is -0.477 e. The third-order valence-corrected chi connectivity index (χ3v) is 7.37. The van der Waals surface area contributed by atoms with Crippen LogP contribution in [0.1, 0.15) is 133 Å². The number of hydrogen-bond acceptors (Lipinski definition) is 7. The number of carbonyl (C=O) groups excluding carboxylic acids is 2. The number of aromatic carboxylic acids is 1. The molecule has 8 heteroatoms. The molecule has 2 saturated carbocycles. The normalized spacial score (nSPS) is 16.1. The van der Waals surface area contributed by atoms with E-state index in [0.29, 0.717) is 16.5 Å². The summed E-state index contributed by atoms with van der Waals surface area (Å²) in [5.41, 5.74) is 6.22. The summed E-state index contributed by atoms with van der Waals surface area (Å²) in [4.78, 5) is 33.6. The minimum atomic E-state index is -0.918. The van der Waals surface area contributed by atoms with Crippen LogP contribution in [0, 0.1) is 23.2 Å². The Morgan fingerprint density at radius 1 is 1.12 bits per heavy atom. The molecular formula is C32H54N2O5S. The molecule has 0 aliphatic heterocycles. The summed E-state index contributed by atoms with van der Waals surface area (Å²) in [6.07, 6.45) is 14.7. The van der Waals surface area contributed by atoms with E-state index in [1.54, 1.807) is 13.1 Å². The van der Waals surface area contributed by atoms with Crippen molar-refractivity contribution in [2.24, 2.45) is 17.1 Å². The van der Waals surface area contributed by atoms with E-state index in [4.69, 9.17) is 15.6 Å². The summed E-state index contributed by atoms with van der Waals surface area (Å²) in [6.45, 7) is 12.1. The molecule has 2 aliphatic rings. The van der Waals surface area contributed by atoms with Gasteiger partial charge in [0, 0.05) is 18.4 Å². The van der Waals surface area contributed by atoms with Gasteiger partial charge in [0.25, 0.3) is 0 Å². The highest BCUT2D eigenvalue weighted by Crippen LogP contribution is 2.27. The number of rotatable bonds is 7. The Kier molecular flexibility index (Phi) is 20.1. The van der Waals surface area contributed by atoms with Gasteiger partial charge in [-0.3, -0.25) is 4.79 Å². The van der Waals surface area contributed by atoms with Crippen LogP contribution in [0.15, 0.2) is 6.07 Å². The molecule has 0 bridgehead atoms. The molecule has 1 aromatic heterocycles.